The highest BCUT2D eigenvalue weighted by molar-refractivity contribution is 7.10. The number of hydrogen-bond donors (Lipinski definition) is 1. The van der Waals surface area contributed by atoms with Crippen molar-refractivity contribution in [3.8, 4) is 0 Å². The molecule has 0 saturated heterocycles. The van der Waals surface area contributed by atoms with Crippen molar-refractivity contribution in [1.29, 1.82) is 0 Å². The van der Waals surface area contributed by atoms with Gasteiger partial charge in [-0.15, -0.1) is 11.3 Å². The van der Waals surface area contributed by atoms with Crippen LogP contribution in [0.4, 0.5) is 5.69 Å². The molecule has 4 nitrogen and oxygen atoms in total. The molecular formula is C16H17ClN2O2S. The molecule has 1 N–H and O–H groups in total. The first-order chi connectivity index (χ1) is 10.4. The van der Waals surface area contributed by atoms with E-state index in [4.69, 9.17) is 11.6 Å². The highest BCUT2D eigenvalue weighted by Gasteiger charge is 2.17. The summed E-state index contributed by atoms with van der Waals surface area (Å²) in [6.07, 6.45) is 0. The fraction of sp³-hybridized carbons (Fsp3) is 0.250. The molecule has 0 radical (unpaired) electrons. The summed E-state index contributed by atoms with van der Waals surface area (Å²) < 4.78 is 0. The Kier molecular flexibility index (Phi) is 5.21. The maximum atomic E-state index is 12.6. The van der Waals surface area contributed by atoms with Crippen molar-refractivity contribution in [2.75, 3.05) is 12.4 Å². The topological polar surface area (TPSA) is 49.4 Å². The number of nitrogens with one attached hydrogen (secondary N) is 1. The van der Waals surface area contributed by atoms with Crippen LogP contribution in [0.3, 0.4) is 0 Å². The number of rotatable bonds is 4. The second kappa shape index (κ2) is 6.94. The Morgan fingerprint density at radius 1 is 1.32 bits per heavy atom. The van der Waals surface area contributed by atoms with Gasteiger partial charge in [-0.1, -0.05) is 11.6 Å². The predicted octanol–water partition coefficient (Wildman–Crippen LogP) is 3.94. The molecule has 1 aromatic carbocycles. The van der Waals surface area contributed by atoms with Gasteiger partial charge in [0.05, 0.1) is 17.1 Å². The number of halogens is 1. The lowest BCUT2D eigenvalue weighted by Crippen LogP contribution is -2.26. The van der Waals surface area contributed by atoms with E-state index < -0.39 is 0 Å². The maximum absolute atomic E-state index is 12.6. The number of aryl methyl sites for hydroxylation is 1. The second-order valence-electron chi connectivity index (χ2n) is 5.06. The van der Waals surface area contributed by atoms with Gasteiger partial charge in [0.2, 0.25) is 5.91 Å². The monoisotopic (exact) mass is 336 g/mol. The summed E-state index contributed by atoms with van der Waals surface area (Å²) in [5, 5.41) is 5.03. The number of anilines is 1. The van der Waals surface area contributed by atoms with E-state index in [1.165, 1.54) is 12.5 Å². The van der Waals surface area contributed by atoms with Gasteiger partial charge in [0.1, 0.15) is 0 Å². The molecule has 0 atom stereocenters. The minimum atomic E-state index is -0.191. The van der Waals surface area contributed by atoms with Crippen molar-refractivity contribution in [3.63, 3.8) is 0 Å². The Balaban J connectivity index is 2.20. The normalized spacial score (nSPS) is 10.4. The Hall–Kier alpha value is -1.85. The molecule has 2 aromatic rings. The first-order valence-corrected chi connectivity index (χ1v) is 8.00. The third-order valence-electron chi connectivity index (χ3n) is 3.21. The molecule has 0 aliphatic heterocycles. The molecule has 0 saturated carbocycles. The number of benzene rings is 1. The van der Waals surface area contributed by atoms with Crippen molar-refractivity contribution in [2.45, 2.75) is 20.4 Å². The first kappa shape index (κ1) is 16.5. The van der Waals surface area contributed by atoms with Crippen LogP contribution in [0.5, 0.6) is 0 Å². The number of hydrogen-bond acceptors (Lipinski definition) is 3. The summed E-state index contributed by atoms with van der Waals surface area (Å²) in [5.74, 6) is -0.367. The standard InChI is InChI=1S/C16H17ClN2O2S/c1-10-6-7-22-15(10)9-19(3)16(21)13-8-12(18-11(2)20)4-5-14(13)17/h4-8H,9H2,1-3H3,(H,18,20). The van der Waals surface area contributed by atoms with E-state index in [1.54, 1.807) is 41.5 Å². The minimum absolute atomic E-state index is 0.176. The third-order valence-corrected chi connectivity index (χ3v) is 4.55. The van der Waals surface area contributed by atoms with Gasteiger partial charge in [0.25, 0.3) is 5.91 Å². The van der Waals surface area contributed by atoms with Gasteiger partial charge in [0, 0.05) is 24.5 Å². The van der Waals surface area contributed by atoms with Crippen LogP contribution in [0, 0.1) is 6.92 Å². The zero-order valence-electron chi connectivity index (χ0n) is 12.6. The fourth-order valence-electron chi connectivity index (χ4n) is 2.03. The quantitative estimate of drug-likeness (QED) is 0.919. The zero-order chi connectivity index (χ0) is 16.3. The Morgan fingerprint density at radius 2 is 2.05 bits per heavy atom. The zero-order valence-corrected chi connectivity index (χ0v) is 14.2. The summed E-state index contributed by atoms with van der Waals surface area (Å²) >= 11 is 7.75. The Bertz CT molecular complexity index is 712. The van der Waals surface area contributed by atoms with Crippen molar-refractivity contribution < 1.29 is 9.59 Å². The molecule has 116 valence electrons. The number of carbonyl (C=O) groups is 2. The molecule has 2 rings (SSSR count). The highest BCUT2D eigenvalue weighted by Crippen LogP contribution is 2.24. The van der Waals surface area contributed by atoms with Gasteiger partial charge >= 0.3 is 0 Å². The summed E-state index contributed by atoms with van der Waals surface area (Å²) in [6, 6.07) is 6.92. The van der Waals surface area contributed by atoms with Gasteiger partial charge in [-0.2, -0.15) is 0 Å². The van der Waals surface area contributed by atoms with Crippen molar-refractivity contribution in [2.24, 2.45) is 0 Å². The largest absolute Gasteiger partial charge is 0.337 e. The van der Waals surface area contributed by atoms with E-state index in [0.29, 0.717) is 22.8 Å². The number of nitrogens with zero attached hydrogens (tertiary/aromatic N) is 1. The number of carbonyl (C=O) groups excluding carboxylic acids is 2. The van der Waals surface area contributed by atoms with Crippen molar-refractivity contribution in [1.82, 2.24) is 4.90 Å². The van der Waals surface area contributed by atoms with Gasteiger partial charge in [-0.25, -0.2) is 0 Å². The van der Waals surface area contributed by atoms with Crippen LogP contribution in [0.2, 0.25) is 5.02 Å². The smallest absolute Gasteiger partial charge is 0.255 e. The molecule has 0 aliphatic rings. The SMILES string of the molecule is CC(=O)Nc1ccc(Cl)c(C(=O)N(C)Cc2sccc2C)c1. The van der Waals surface area contributed by atoms with E-state index in [0.717, 1.165) is 4.88 Å². The van der Waals surface area contributed by atoms with E-state index in [9.17, 15) is 9.59 Å². The van der Waals surface area contributed by atoms with E-state index in [1.807, 2.05) is 18.4 Å². The summed E-state index contributed by atoms with van der Waals surface area (Å²) in [6.45, 7) is 3.97. The fourth-order valence-corrected chi connectivity index (χ4v) is 3.19. The van der Waals surface area contributed by atoms with Crippen molar-refractivity contribution >= 4 is 40.4 Å². The van der Waals surface area contributed by atoms with Crippen LogP contribution < -0.4 is 5.32 Å². The van der Waals surface area contributed by atoms with Gasteiger partial charge in [0.15, 0.2) is 0 Å². The molecule has 1 heterocycles. The van der Waals surface area contributed by atoms with Crippen LogP contribution in [-0.2, 0) is 11.3 Å². The average Bonchev–Trinajstić information content (AvgIpc) is 2.85. The Morgan fingerprint density at radius 3 is 2.64 bits per heavy atom. The molecule has 0 aliphatic carbocycles. The molecular weight excluding hydrogens is 320 g/mol. The number of thiophene rings is 1. The molecule has 22 heavy (non-hydrogen) atoms. The first-order valence-electron chi connectivity index (χ1n) is 6.74. The minimum Gasteiger partial charge on any atom is -0.337 e. The second-order valence-corrected chi connectivity index (χ2v) is 6.47. The van der Waals surface area contributed by atoms with E-state index >= 15 is 0 Å². The highest BCUT2D eigenvalue weighted by atomic mass is 35.5. The van der Waals surface area contributed by atoms with Crippen LogP contribution >= 0.6 is 22.9 Å². The van der Waals surface area contributed by atoms with Gasteiger partial charge < -0.3 is 10.2 Å². The van der Waals surface area contributed by atoms with Crippen LogP contribution in [0.25, 0.3) is 0 Å². The lowest BCUT2D eigenvalue weighted by Gasteiger charge is -2.18. The molecule has 0 bridgehead atoms. The molecule has 2 amide bonds. The third kappa shape index (κ3) is 3.87. The molecule has 6 heteroatoms. The summed E-state index contributed by atoms with van der Waals surface area (Å²) in [4.78, 5) is 26.5. The average molecular weight is 337 g/mol. The Labute approximate surface area is 138 Å². The van der Waals surface area contributed by atoms with Crippen LogP contribution in [0.1, 0.15) is 27.7 Å². The maximum Gasteiger partial charge on any atom is 0.255 e. The molecule has 0 spiro atoms. The summed E-state index contributed by atoms with van der Waals surface area (Å²) in [7, 11) is 1.74. The molecule has 0 fully saturated rings. The van der Waals surface area contributed by atoms with Crippen LogP contribution in [0.15, 0.2) is 29.6 Å². The predicted molar refractivity (Wildman–Crippen MR) is 90.6 cm³/mol. The lowest BCUT2D eigenvalue weighted by atomic mass is 10.1. The summed E-state index contributed by atoms with van der Waals surface area (Å²) in [5.41, 5.74) is 2.10. The molecule has 1 aromatic heterocycles. The van der Waals surface area contributed by atoms with E-state index in [-0.39, 0.29) is 11.8 Å². The van der Waals surface area contributed by atoms with Gasteiger partial charge in [-0.05, 0) is 42.1 Å². The lowest BCUT2D eigenvalue weighted by molar-refractivity contribution is -0.114. The molecule has 0 unspecified atom stereocenters. The van der Waals surface area contributed by atoms with Crippen molar-refractivity contribution in [3.05, 3.63) is 50.7 Å². The number of amides is 2. The van der Waals surface area contributed by atoms with E-state index in [2.05, 4.69) is 5.32 Å². The van der Waals surface area contributed by atoms with Gasteiger partial charge in [-0.3, -0.25) is 9.59 Å². The van der Waals surface area contributed by atoms with Crippen LogP contribution in [-0.4, -0.2) is 23.8 Å².